The number of benzene rings is 1. The van der Waals surface area contributed by atoms with Gasteiger partial charge in [0.05, 0.1) is 0 Å². The lowest BCUT2D eigenvalue weighted by atomic mass is 9.87. The largest absolute Gasteiger partial charge is 0.573 e. The quantitative estimate of drug-likeness (QED) is 0.928. The number of alkyl halides is 3. The van der Waals surface area contributed by atoms with Crippen molar-refractivity contribution in [3.8, 4) is 5.75 Å². The molecule has 0 aliphatic carbocycles. The number of hydrogen-bond donors (Lipinski definition) is 1. The first kappa shape index (κ1) is 14.4. The van der Waals surface area contributed by atoms with Crippen LogP contribution in [0.1, 0.15) is 23.5 Å². The molecule has 0 spiro atoms. The lowest BCUT2D eigenvalue weighted by molar-refractivity contribution is -0.274. The van der Waals surface area contributed by atoms with Crippen LogP contribution in [0.5, 0.6) is 5.75 Å². The zero-order valence-corrected chi connectivity index (χ0v) is 11.5. The molecule has 0 saturated heterocycles. The number of rotatable bonds is 2. The molecular weight excluding hydrogens is 299 g/mol. The van der Waals surface area contributed by atoms with Crippen molar-refractivity contribution < 1.29 is 22.7 Å². The minimum Gasteiger partial charge on any atom is -0.405 e. The van der Waals surface area contributed by atoms with Gasteiger partial charge in [-0.1, -0.05) is 18.2 Å². The van der Waals surface area contributed by atoms with Gasteiger partial charge in [0, 0.05) is 36.7 Å². The van der Waals surface area contributed by atoms with E-state index in [0.717, 1.165) is 0 Å². The van der Waals surface area contributed by atoms with Crippen molar-refractivity contribution in [1.82, 2.24) is 9.78 Å². The molecule has 8 heteroatoms. The van der Waals surface area contributed by atoms with Crippen LogP contribution in [-0.4, -0.2) is 22.1 Å². The van der Waals surface area contributed by atoms with Gasteiger partial charge in [0.25, 0.3) is 0 Å². The van der Waals surface area contributed by atoms with Gasteiger partial charge in [0.15, 0.2) is 5.82 Å². The first-order chi connectivity index (χ1) is 10.3. The van der Waals surface area contributed by atoms with E-state index < -0.39 is 12.3 Å². The minimum atomic E-state index is -4.79. The molecule has 1 aromatic heterocycles. The van der Waals surface area contributed by atoms with Crippen LogP contribution in [0, 0.1) is 0 Å². The highest BCUT2D eigenvalue weighted by atomic mass is 19.4. The van der Waals surface area contributed by atoms with E-state index in [1.807, 2.05) is 0 Å². The van der Waals surface area contributed by atoms with Crippen LogP contribution >= 0.6 is 0 Å². The predicted molar refractivity (Wildman–Crippen MR) is 71.4 cm³/mol. The molecule has 1 aliphatic rings. The number of halogens is 3. The van der Waals surface area contributed by atoms with Gasteiger partial charge in [-0.3, -0.25) is 9.48 Å². The molecule has 3 rings (SSSR count). The molecule has 2 aromatic rings. The minimum absolute atomic E-state index is 0.0386. The first-order valence-corrected chi connectivity index (χ1v) is 6.51. The van der Waals surface area contributed by atoms with E-state index in [4.69, 9.17) is 0 Å². The number of ether oxygens (including phenoxy) is 1. The number of fused-ring (bicyclic) bond motifs is 1. The van der Waals surface area contributed by atoms with Gasteiger partial charge in [-0.15, -0.1) is 13.2 Å². The van der Waals surface area contributed by atoms with Crippen molar-refractivity contribution >= 4 is 11.7 Å². The summed E-state index contributed by atoms with van der Waals surface area (Å²) in [7, 11) is 1.68. The summed E-state index contributed by atoms with van der Waals surface area (Å²) in [5.74, 6) is -0.760. The standard InChI is InChI=1S/C14H12F3N3O2/c1-20-7-10-9(6-12(21)18-13(10)19-20)8-4-2-3-5-11(8)22-14(15,16)17/h2-5,7,9H,6H2,1H3,(H,18,19,21). The molecule has 1 aliphatic heterocycles. The molecule has 2 heterocycles. The van der Waals surface area contributed by atoms with Crippen LogP contribution in [0.2, 0.25) is 0 Å². The Hall–Kier alpha value is -2.51. The predicted octanol–water partition coefficient (Wildman–Crippen LogP) is 2.79. The van der Waals surface area contributed by atoms with E-state index in [1.165, 1.54) is 22.9 Å². The van der Waals surface area contributed by atoms with Gasteiger partial charge >= 0.3 is 6.36 Å². The van der Waals surface area contributed by atoms with Crippen molar-refractivity contribution in [1.29, 1.82) is 0 Å². The molecule has 1 atom stereocenters. The van der Waals surface area contributed by atoms with Gasteiger partial charge in [0.2, 0.25) is 5.91 Å². The van der Waals surface area contributed by atoms with Crippen LogP contribution in [0.25, 0.3) is 0 Å². The summed E-state index contributed by atoms with van der Waals surface area (Å²) in [6.07, 6.45) is -3.06. The van der Waals surface area contributed by atoms with Gasteiger partial charge in [-0.05, 0) is 6.07 Å². The van der Waals surface area contributed by atoms with E-state index in [2.05, 4.69) is 15.2 Å². The Morgan fingerprint density at radius 1 is 1.32 bits per heavy atom. The summed E-state index contributed by atoms with van der Waals surface area (Å²) in [6.45, 7) is 0. The fraction of sp³-hybridized carbons (Fsp3) is 0.286. The maximum absolute atomic E-state index is 12.5. The van der Waals surface area contributed by atoms with Gasteiger partial charge in [-0.2, -0.15) is 5.10 Å². The van der Waals surface area contributed by atoms with Crippen molar-refractivity contribution in [3.05, 3.63) is 41.6 Å². The molecule has 1 amide bonds. The lowest BCUT2D eigenvalue weighted by Crippen LogP contribution is -2.24. The third-order valence-electron chi connectivity index (χ3n) is 3.40. The number of aromatic nitrogens is 2. The van der Waals surface area contributed by atoms with E-state index in [0.29, 0.717) is 16.9 Å². The number of carbonyl (C=O) groups excluding carboxylic acids is 1. The smallest absolute Gasteiger partial charge is 0.405 e. The summed E-state index contributed by atoms with van der Waals surface area (Å²) >= 11 is 0. The van der Waals surface area contributed by atoms with E-state index >= 15 is 0 Å². The Labute approximate surface area is 123 Å². The van der Waals surface area contributed by atoms with Crippen molar-refractivity contribution in [2.45, 2.75) is 18.7 Å². The topological polar surface area (TPSA) is 56.2 Å². The molecule has 0 fully saturated rings. The van der Waals surface area contributed by atoms with Gasteiger partial charge in [-0.25, -0.2) is 0 Å². The van der Waals surface area contributed by atoms with E-state index in [-0.39, 0.29) is 18.1 Å². The van der Waals surface area contributed by atoms with E-state index in [9.17, 15) is 18.0 Å². The average Bonchev–Trinajstić information content (AvgIpc) is 2.77. The molecule has 1 unspecified atom stereocenters. The van der Waals surface area contributed by atoms with Gasteiger partial charge < -0.3 is 10.1 Å². The second-order valence-corrected chi connectivity index (χ2v) is 5.00. The number of para-hydroxylation sites is 1. The molecular formula is C14H12F3N3O2. The second-order valence-electron chi connectivity index (χ2n) is 5.00. The number of aryl methyl sites for hydroxylation is 1. The first-order valence-electron chi connectivity index (χ1n) is 6.51. The molecule has 1 N–H and O–H groups in total. The Balaban J connectivity index is 2.06. The van der Waals surface area contributed by atoms with E-state index in [1.54, 1.807) is 19.3 Å². The second kappa shape index (κ2) is 5.04. The Kier molecular flexibility index (Phi) is 3.31. The lowest BCUT2D eigenvalue weighted by Gasteiger charge is -2.24. The third kappa shape index (κ3) is 2.76. The summed E-state index contributed by atoms with van der Waals surface area (Å²) < 4.78 is 43.2. The number of carbonyl (C=O) groups is 1. The Morgan fingerprint density at radius 3 is 2.77 bits per heavy atom. The molecule has 0 bridgehead atoms. The molecule has 5 nitrogen and oxygen atoms in total. The van der Waals surface area contributed by atoms with Crippen molar-refractivity contribution in [3.63, 3.8) is 0 Å². The van der Waals surface area contributed by atoms with Crippen LogP contribution in [0.3, 0.4) is 0 Å². The maximum Gasteiger partial charge on any atom is 0.573 e. The fourth-order valence-electron chi connectivity index (χ4n) is 2.60. The van der Waals surface area contributed by atoms with Crippen molar-refractivity contribution in [2.75, 3.05) is 5.32 Å². The van der Waals surface area contributed by atoms with Crippen LogP contribution < -0.4 is 10.1 Å². The van der Waals surface area contributed by atoms with Crippen LogP contribution in [0.15, 0.2) is 30.5 Å². The fourth-order valence-corrected chi connectivity index (χ4v) is 2.60. The Morgan fingerprint density at radius 2 is 2.05 bits per heavy atom. The van der Waals surface area contributed by atoms with Crippen LogP contribution in [-0.2, 0) is 11.8 Å². The monoisotopic (exact) mass is 311 g/mol. The molecule has 0 radical (unpaired) electrons. The molecule has 22 heavy (non-hydrogen) atoms. The summed E-state index contributed by atoms with van der Waals surface area (Å²) in [5, 5.41) is 6.72. The normalized spacial score (nSPS) is 17.8. The molecule has 1 aromatic carbocycles. The highest BCUT2D eigenvalue weighted by Gasteiger charge is 2.35. The SMILES string of the molecule is Cn1cc2c(n1)NC(=O)CC2c1ccccc1OC(F)(F)F. The third-order valence-corrected chi connectivity index (χ3v) is 3.40. The number of nitrogens with one attached hydrogen (secondary N) is 1. The van der Waals surface area contributed by atoms with Crippen molar-refractivity contribution in [2.24, 2.45) is 7.05 Å². The number of hydrogen-bond acceptors (Lipinski definition) is 3. The highest BCUT2D eigenvalue weighted by molar-refractivity contribution is 5.94. The number of amides is 1. The summed E-state index contributed by atoms with van der Waals surface area (Å²) in [5.41, 5.74) is 0.976. The average molecular weight is 311 g/mol. The zero-order valence-electron chi connectivity index (χ0n) is 11.5. The number of nitrogens with zero attached hydrogens (tertiary/aromatic N) is 2. The Bertz CT molecular complexity index is 724. The maximum atomic E-state index is 12.5. The van der Waals surface area contributed by atoms with Gasteiger partial charge in [0.1, 0.15) is 5.75 Å². The highest BCUT2D eigenvalue weighted by Crippen LogP contribution is 2.41. The number of anilines is 1. The molecule has 116 valence electrons. The van der Waals surface area contributed by atoms with Crippen LogP contribution in [0.4, 0.5) is 19.0 Å². The zero-order chi connectivity index (χ0) is 15.9. The summed E-state index contributed by atoms with van der Waals surface area (Å²) in [4.78, 5) is 11.8. The summed E-state index contributed by atoms with van der Waals surface area (Å²) in [6, 6.07) is 5.84. The molecule has 0 saturated carbocycles.